The van der Waals surface area contributed by atoms with E-state index in [2.05, 4.69) is 4.90 Å². The van der Waals surface area contributed by atoms with E-state index < -0.39 is 0 Å². The number of aliphatic hydroxyl groups is 2. The van der Waals surface area contributed by atoms with Crippen molar-refractivity contribution in [1.29, 1.82) is 0 Å². The molecule has 0 unspecified atom stereocenters. The molecule has 7 heteroatoms. The standard InChI is InChI=1S/C21H31N3O4/c1-14-20(18-9-17(28-4)5-6-19(18)23(14)3)21(27)24-11-15(16(12-24)13-26)10-22(2)7-8-25/h5-6,9,15-16,25-26H,7-8,10-13H2,1-4H3/t15-,16-/m1/s1. The summed E-state index contributed by atoms with van der Waals surface area (Å²) in [6.45, 7) is 4.62. The number of likely N-dealkylation sites (N-methyl/N-ethyl adjacent to an activating group) is 1. The van der Waals surface area contributed by atoms with Crippen LogP contribution in [0.4, 0.5) is 0 Å². The molecule has 7 nitrogen and oxygen atoms in total. The average molecular weight is 389 g/mol. The fourth-order valence-corrected chi connectivity index (χ4v) is 4.29. The van der Waals surface area contributed by atoms with Crippen molar-refractivity contribution in [3.05, 3.63) is 29.5 Å². The van der Waals surface area contributed by atoms with Crippen LogP contribution in [-0.2, 0) is 7.05 Å². The van der Waals surface area contributed by atoms with Gasteiger partial charge >= 0.3 is 0 Å². The smallest absolute Gasteiger partial charge is 0.256 e. The molecule has 28 heavy (non-hydrogen) atoms. The first kappa shape index (κ1) is 20.6. The number of carbonyl (C=O) groups is 1. The molecule has 1 saturated heterocycles. The number of aliphatic hydroxyl groups excluding tert-OH is 2. The van der Waals surface area contributed by atoms with Gasteiger partial charge in [0.15, 0.2) is 0 Å². The summed E-state index contributed by atoms with van der Waals surface area (Å²) < 4.78 is 7.39. The number of ether oxygens (including phenoxy) is 1. The van der Waals surface area contributed by atoms with Crippen molar-refractivity contribution in [2.75, 3.05) is 53.6 Å². The molecule has 0 spiro atoms. The molecule has 1 aliphatic heterocycles. The molecule has 1 aromatic heterocycles. The number of benzene rings is 1. The van der Waals surface area contributed by atoms with Crippen LogP contribution >= 0.6 is 0 Å². The third-order valence-corrected chi connectivity index (χ3v) is 6.04. The van der Waals surface area contributed by atoms with Gasteiger partial charge in [0.2, 0.25) is 0 Å². The molecule has 1 fully saturated rings. The molecule has 3 rings (SSSR count). The normalized spacial score (nSPS) is 19.8. The van der Waals surface area contributed by atoms with Crippen molar-refractivity contribution >= 4 is 16.8 Å². The van der Waals surface area contributed by atoms with Crippen molar-refractivity contribution in [2.45, 2.75) is 6.92 Å². The molecule has 1 aromatic carbocycles. The van der Waals surface area contributed by atoms with Crippen LogP contribution in [-0.4, -0.2) is 84.0 Å². The Morgan fingerprint density at radius 3 is 2.64 bits per heavy atom. The maximum Gasteiger partial charge on any atom is 0.256 e. The molecule has 2 N–H and O–H groups in total. The number of nitrogens with zero attached hydrogens (tertiary/aromatic N) is 3. The van der Waals surface area contributed by atoms with Crippen LogP contribution in [0.15, 0.2) is 18.2 Å². The van der Waals surface area contributed by atoms with Crippen LogP contribution in [0, 0.1) is 18.8 Å². The van der Waals surface area contributed by atoms with E-state index in [1.165, 1.54) is 0 Å². The number of aryl methyl sites for hydroxylation is 1. The Hall–Kier alpha value is -2.09. The van der Waals surface area contributed by atoms with Gasteiger partial charge in [-0.1, -0.05) is 0 Å². The molecule has 154 valence electrons. The van der Waals surface area contributed by atoms with Crippen molar-refractivity contribution in [1.82, 2.24) is 14.4 Å². The van der Waals surface area contributed by atoms with E-state index in [9.17, 15) is 9.90 Å². The molecule has 0 aliphatic carbocycles. The van der Waals surface area contributed by atoms with Gasteiger partial charge in [-0.3, -0.25) is 4.79 Å². The number of fused-ring (bicyclic) bond motifs is 1. The summed E-state index contributed by atoms with van der Waals surface area (Å²) in [6, 6.07) is 5.80. The second-order valence-corrected chi connectivity index (χ2v) is 7.80. The predicted octanol–water partition coefficient (Wildman–Crippen LogP) is 1.10. The number of methoxy groups -OCH3 is 1. The van der Waals surface area contributed by atoms with Crippen molar-refractivity contribution < 1.29 is 19.7 Å². The van der Waals surface area contributed by atoms with E-state index in [4.69, 9.17) is 9.84 Å². The van der Waals surface area contributed by atoms with Crippen LogP contribution in [0.3, 0.4) is 0 Å². The van der Waals surface area contributed by atoms with E-state index in [0.29, 0.717) is 25.2 Å². The summed E-state index contributed by atoms with van der Waals surface area (Å²) in [4.78, 5) is 17.4. The summed E-state index contributed by atoms with van der Waals surface area (Å²) in [7, 11) is 5.54. The van der Waals surface area contributed by atoms with E-state index in [-0.39, 0.29) is 31.0 Å². The van der Waals surface area contributed by atoms with Gasteiger partial charge < -0.3 is 29.3 Å². The van der Waals surface area contributed by atoms with E-state index >= 15 is 0 Å². The van der Waals surface area contributed by atoms with Crippen molar-refractivity contribution in [3.63, 3.8) is 0 Å². The fraction of sp³-hybridized carbons (Fsp3) is 0.571. The predicted molar refractivity (Wildman–Crippen MR) is 109 cm³/mol. The number of rotatable bonds is 7. The van der Waals surface area contributed by atoms with E-state index in [1.54, 1.807) is 7.11 Å². The second kappa shape index (κ2) is 8.51. The van der Waals surface area contributed by atoms with Gasteiger partial charge in [0.05, 0.1) is 19.3 Å². The maximum absolute atomic E-state index is 13.4. The van der Waals surface area contributed by atoms with Crippen LogP contribution in [0.25, 0.3) is 10.9 Å². The summed E-state index contributed by atoms with van der Waals surface area (Å²) in [5.41, 5.74) is 2.63. The number of hydrogen-bond donors (Lipinski definition) is 2. The molecule has 0 saturated carbocycles. The van der Waals surface area contributed by atoms with Gasteiger partial charge in [0.1, 0.15) is 5.75 Å². The van der Waals surface area contributed by atoms with Gasteiger partial charge in [-0.15, -0.1) is 0 Å². The van der Waals surface area contributed by atoms with Crippen LogP contribution < -0.4 is 4.74 Å². The minimum Gasteiger partial charge on any atom is -0.497 e. The highest BCUT2D eigenvalue weighted by Crippen LogP contribution is 2.32. The number of likely N-dealkylation sites (tertiary alicyclic amines) is 1. The summed E-state index contributed by atoms with van der Waals surface area (Å²) >= 11 is 0. The number of carbonyl (C=O) groups excluding carboxylic acids is 1. The highest BCUT2D eigenvalue weighted by molar-refractivity contribution is 6.08. The lowest BCUT2D eigenvalue weighted by atomic mass is 9.96. The Morgan fingerprint density at radius 2 is 2.00 bits per heavy atom. The molecular formula is C21H31N3O4. The average Bonchev–Trinajstić information content (AvgIpc) is 3.20. The molecule has 0 radical (unpaired) electrons. The molecule has 1 amide bonds. The number of aromatic nitrogens is 1. The number of hydrogen-bond acceptors (Lipinski definition) is 5. The highest BCUT2D eigenvalue weighted by atomic mass is 16.5. The van der Waals surface area contributed by atoms with Gasteiger partial charge in [0, 0.05) is 62.3 Å². The Morgan fingerprint density at radius 1 is 1.29 bits per heavy atom. The van der Waals surface area contributed by atoms with Gasteiger partial charge in [-0.05, 0) is 38.1 Å². The summed E-state index contributed by atoms with van der Waals surface area (Å²) in [6.07, 6.45) is 0. The Bertz CT molecular complexity index is 848. The lowest BCUT2D eigenvalue weighted by Gasteiger charge is -2.23. The quantitative estimate of drug-likeness (QED) is 0.742. The molecule has 0 bridgehead atoms. The Balaban J connectivity index is 1.89. The van der Waals surface area contributed by atoms with Crippen LogP contribution in [0.5, 0.6) is 5.75 Å². The first-order valence-corrected chi connectivity index (χ1v) is 9.73. The van der Waals surface area contributed by atoms with Crippen molar-refractivity contribution in [3.8, 4) is 5.75 Å². The topological polar surface area (TPSA) is 78.2 Å². The third-order valence-electron chi connectivity index (χ3n) is 6.04. The Labute approximate surface area is 166 Å². The minimum absolute atomic E-state index is 0.00196. The zero-order chi connectivity index (χ0) is 20.4. The monoisotopic (exact) mass is 389 g/mol. The fourth-order valence-electron chi connectivity index (χ4n) is 4.29. The zero-order valence-corrected chi connectivity index (χ0v) is 17.2. The third kappa shape index (κ3) is 3.74. The number of amides is 1. The van der Waals surface area contributed by atoms with E-state index in [0.717, 1.165) is 28.9 Å². The van der Waals surface area contributed by atoms with Crippen LogP contribution in [0.1, 0.15) is 16.1 Å². The Kier molecular flexibility index (Phi) is 6.27. The SMILES string of the molecule is COc1ccc2c(c1)c(C(=O)N1C[C@@H](CN(C)CCO)[C@@H](CO)C1)c(C)n2C. The maximum atomic E-state index is 13.4. The summed E-state index contributed by atoms with van der Waals surface area (Å²) in [5.74, 6) is 0.970. The van der Waals surface area contributed by atoms with E-state index in [1.807, 2.05) is 48.7 Å². The molecule has 2 atom stereocenters. The minimum atomic E-state index is 0.00196. The molecule has 1 aliphatic rings. The lowest BCUT2D eigenvalue weighted by Crippen LogP contribution is -2.33. The second-order valence-electron chi connectivity index (χ2n) is 7.80. The van der Waals surface area contributed by atoms with Crippen molar-refractivity contribution in [2.24, 2.45) is 18.9 Å². The highest BCUT2D eigenvalue weighted by Gasteiger charge is 2.37. The van der Waals surface area contributed by atoms with Gasteiger partial charge in [-0.25, -0.2) is 0 Å². The zero-order valence-electron chi connectivity index (χ0n) is 17.2. The van der Waals surface area contributed by atoms with Gasteiger partial charge in [0.25, 0.3) is 5.91 Å². The first-order chi connectivity index (χ1) is 13.4. The molecular weight excluding hydrogens is 358 g/mol. The lowest BCUT2D eigenvalue weighted by molar-refractivity contribution is 0.0780. The summed E-state index contributed by atoms with van der Waals surface area (Å²) in [5, 5.41) is 19.8. The van der Waals surface area contributed by atoms with Gasteiger partial charge in [-0.2, -0.15) is 0 Å². The largest absolute Gasteiger partial charge is 0.497 e. The molecule has 2 heterocycles. The molecule has 2 aromatic rings. The first-order valence-electron chi connectivity index (χ1n) is 9.73. The van der Waals surface area contributed by atoms with Crippen LogP contribution in [0.2, 0.25) is 0 Å².